The van der Waals surface area contributed by atoms with Gasteiger partial charge in [-0.3, -0.25) is 9.89 Å². The minimum absolute atomic E-state index is 0.386. The van der Waals surface area contributed by atoms with Crippen molar-refractivity contribution in [3.8, 4) is 0 Å². The van der Waals surface area contributed by atoms with E-state index in [1.54, 1.807) is 0 Å². The third-order valence-corrected chi connectivity index (χ3v) is 6.78. The van der Waals surface area contributed by atoms with Gasteiger partial charge in [-0.15, -0.1) is 0 Å². The second-order valence-corrected chi connectivity index (χ2v) is 8.91. The van der Waals surface area contributed by atoms with Crippen molar-refractivity contribution in [1.82, 2.24) is 20.0 Å². The van der Waals surface area contributed by atoms with Crippen molar-refractivity contribution in [2.75, 3.05) is 72.6 Å². The third kappa shape index (κ3) is 5.50. The zero-order chi connectivity index (χ0) is 19.9. The fourth-order valence-corrected chi connectivity index (χ4v) is 4.94. The summed E-state index contributed by atoms with van der Waals surface area (Å²) < 4.78 is 5.65. The summed E-state index contributed by atoms with van der Waals surface area (Å²) in [6.07, 6.45) is 3.61. The second kappa shape index (κ2) is 9.92. The number of benzene rings is 1. The van der Waals surface area contributed by atoms with Gasteiger partial charge in [0.1, 0.15) is 0 Å². The van der Waals surface area contributed by atoms with E-state index in [1.165, 1.54) is 57.5 Å². The quantitative estimate of drug-likeness (QED) is 0.450. The van der Waals surface area contributed by atoms with Crippen molar-refractivity contribution in [2.24, 2.45) is 10.4 Å². The van der Waals surface area contributed by atoms with Gasteiger partial charge >= 0.3 is 0 Å². The van der Waals surface area contributed by atoms with E-state index in [9.17, 15) is 0 Å². The van der Waals surface area contributed by atoms with Crippen LogP contribution in [0.4, 0.5) is 0 Å². The molecule has 0 aliphatic carbocycles. The Balaban J connectivity index is 1.11. The predicted octanol–water partition coefficient (Wildman–Crippen LogP) is 1.88. The fourth-order valence-electron chi connectivity index (χ4n) is 4.94. The molecular formula is C23H37N5O. The maximum Gasteiger partial charge on any atom is 0.193 e. The molecule has 4 rings (SSSR count). The van der Waals surface area contributed by atoms with Crippen molar-refractivity contribution in [3.05, 3.63) is 35.9 Å². The molecule has 0 radical (unpaired) electrons. The van der Waals surface area contributed by atoms with Gasteiger partial charge in [-0.2, -0.15) is 0 Å². The molecule has 0 amide bonds. The van der Waals surface area contributed by atoms with Gasteiger partial charge < -0.3 is 19.9 Å². The monoisotopic (exact) mass is 399 g/mol. The van der Waals surface area contributed by atoms with Crippen molar-refractivity contribution in [3.63, 3.8) is 0 Å². The molecule has 1 unspecified atom stereocenters. The van der Waals surface area contributed by atoms with Gasteiger partial charge in [0.2, 0.25) is 0 Å². The van der Waals surface area contributed by atoms with Gasteiger partial charge in [-0.05, 0) is 31.4 Å². The minimum Gasteiger partial charge on any atom is -0.381 e. The number of rotatable bonds is 6. The smallest absolute Gasteiger partial charge is 0.193 e. The van der Waals surface area contributed by atoms with Gasteiger partial charge in [0.25, 0.3) is 0 Å². The van der Waals surface area contributed by atoms with Crippen LogP contribution in [0.25, 0.3) is 0 Å². The van der Waals surface area contributed by atoms with E-state index >= 15 is 0 Å². The average Bonchev–Trinajstić information content (AvgIpc) is 3.40. The number of likely N-dealkylation sites (tertiary alicyclic amines) is 1. The topological polar surface area (TPSA) is 43.3 Å². The van der Waals surface area contributed by atoms with Crippen molar-refractivity contribution >= 4 is 5.96 Å². The number of ether oxygens (including phenoxy) is 1. The molecule has 3 aliphatic rings. The lowest BCUT2D eigenvalue weighted by atomic mass is 9.87. The van der Waals surface area contributed by atoms with Gasteiger partial charge in [-0.1, -0.05) is 30.3 Å². The minimum atomic E-state index is 0.386. The first-order valence-corrected chi connectivity index (χ1v) is 11.3. The molecule has 1 aromatic rings. The van der Waals surface area contributed by atoms with Gasteiger partial charge in [0, 0.05) is 71.4 Å². The first-order valence-electron chi connectivity index (χ1n) is 11.3. The highest BCUT2D eigenvalue weighted by Gasteiger charge is 2.42. The van der Waals surface area contributed by atoms with Gasteiger partial charge in [-0.25, -0.2) is 0 Å². The first kappa shape index (κ1) is 20.6. The van der Waals surface area contributed by atoms with Crippen LogP contribution in [0.15, 0.2) is 35.3 Å². The molecule has 6 heteroatoms. The third-order valence-electron chi connectivity index (χ3n) is 6.78. The predicted molar refractivity (Wildman–Crippen MR) is 118 cm³/mol. The summed E-state index contributed by atoms with van der Waals surface area (Å²) in [5, 5.41) is 3.60. The van der Waals surface area contributed by atoms with E-state index < -0.39 is 0 Å². The Kier molecular flexibility index (Phi) is 7.06. The van der Waals surface area contributed by atoms with E-state index in [-0.39, 0.29) is 0 Å². The van der Waals surface area contributed by atoms with Crippen LogP contribution < -0.4 is 5.32 Å². The standard InChI is InChI=1S/C23H37N5O/c1-24-22(28-12-8-23(19-28)9-17-29-20-23)25-10-5-11-26-13-15-27(16-14-26)18-21-6-3-2-4-7-21/h2-4,6-7H,5,8-20H2,1H3,(H,24,25). The van der Waals surface area contributed by atoms with Crippen LogP contribution in [-0.2, 0) is 11.3 Å². The summed E-state index contributed by atoms with van der Waals surface area (Å²) in [5.41, 5.74) is 1.81. The Morgan fingerprint density at radius 3 is 2.59 bits per heavy atom. The maximum absolute atomic E-state index is 5.65. The van der Waals surface area contributed by atoms with Crippen LogP contribution in [0.3, 0.4) is 0 Å². The van der Waals surface area contributed by atoms with E-state index in [0.29, 0.717) is 5.41 Å². The normalized spacial score (nSPS) is 26.5. The highest BCUT2D eigenvalue weighted by atomic mass is 16.5. The second-order valence-electron chi connectivity index (χ2n) is 8.91. The SMILES string of the molecule is CN=C(NCCCN1CCN(Cc2ccccc2)CC1)N1CCC2(CCOC2)C1. The molecule has 0 aromatic heterocycles. The molecule has 1 spiro atoms. The molecule has 1 atom stereocenters. The summed E-state index contributed by atoms with van der Waals surface area (Å²) in [6.45, 7) is 12.0. The summed E-state index contributed by atoms with van der Waals surface area (Å²) in [5.74, 6) is 1.07. The Morgan fingerprint density at radius 1 is 1.07 bits per heavy atom. The van der Waals surface area contributed by atoms with Crippen molar-refractivity contribution in [2.45, 2.75) is 25.8 Å². The number of hydrogen-bond donors (Lipinski definition) is 1. The molecule has 3 heterocycles. The molecule has 3 fully saturated rings. The zero-order valence-electron chi connectivity index (χ0n) is 18.0. The van der Waals surface area contributed by atoms with Crippen LogP contribution in [0, 0.1) is 5.41 Å². The highest BCUT2D eigenvalue weighted by molar-refractivity contribution is 5.80. The lowest BCUT2D eigenvalue weighted by molar-refractivity contribution is 0.126. The van der Waals surface area contributed by atoms with Crippen molar-refractivity contribution < 1.29 is 4.74 Å². The zero-order valence-corrected chi connectivity index (χ0v) is 18.0. The average molecular weight is 400 g/mol. The van der Waals surface area contributed by atoms with Crippen molar-refractivity contribution in [1.29, 1.82) is 0 Å². The lowest BCUT2D eigenvalue weighted by Crippen LogP contribution is -2.47. The van der Waals surface area contributed by atoms with Crippen LogP contribution in [0.5, 0.6) is 0 Å². The van der Waals surface area contributed by atoms with E-state index in [0.717, 1.165) is 45.4 Å². The number of aliphatic imine (C=N–C) groups is 1. The number of nitrogens with one attached hydrogen (secondary N) is 1. The van der Waals surface area contributed by atoms with E-state index in [2.05, 4.69) is 55.3 Å². The molecular weight excluding hydrogens is 362 g/mol. The van der Waals surface area contributed by atoms with Gasteiger partial charge in [0.15, 0.2) is 5.96 Å². The molecule has 6 nitrogen and oxygen atoms in total. The van der Waals surface area contributed by atoms with Crippen LogP contribution in [0.2, 0.25) is 0 Å². The molecule has 29 heavy (non-hydrogen) atoms. The van der Waals surface area contributed by atoms with Crippen LogP contribution >= 0.6 is 0 Å². The van der Waals surface area contributed by atoms with E-state index in [4.69, 9.17) is 4.74 Å². The number of hydrogen-bond acceptors (Lipinski definition) is 4. The molecule has 1 N–H and O–H groups in total. The summed E-state index contributed by atoms with van der Waals surface area (Å²) in [7, 11) is 1.91. The number of nitrogens with zero attached hydrogens (tertiary/aromatic N) is 4. The van der Waals surface area contributed by atoms with Crippen LogP contribution in [-0.4, -0.2) is 93.3 Å². The maximum atomic E-state index is 5.65. The molecule has 3 aliphatic heterocycles. The Hall–Kier alpha value is -1.63. The molecule has 160 valence electrons. The van der Waals surface area contributed by atoms with Gasteiger partial charge in [0.05, 0.1) is 6.61 Å². The lowest BCUT2D eigenvalue weighted by Gasteiger charge is -2.34. The fraction of sp³-hybridized carbons (Fsp3) is 0.696. The molecule has 0 saturated carbocycles. The molecule has 3 saturated heterocycles. The Labute approximate surface area is 175 Å². The molecule has 1 aromatic carbocycles. The Bertz CT molecular complexity index is 650. The summed E-state index contributed by atoms with van der Waals surface area (Å²) in [4.78, 5) is 12.1. The summed E-state index contributed by atoms with van der Waals surface area (Å²) >= 11 is 0. The Morgan fingerprint density at radius 2 is 1.86 bits per heavy atom. The summed E-state index contributed by atoms with van der Waals surface area (Å²) in [6, 6.07) is 10.8. The number of guanidine groups is 1. The first-order chi connectivity index (χ1) is 14.3. The molecule has 0 bridgehead atoms. The van der Waals surface area contributed by atoms with E-state index in [1.807, 2.05) is 7.05 Å². The largest absolute Gasteiger partial charge is 0.381 e. The van der Waals surface area contributed by atoms with Crippen LogP contribution in [0.1, 0.15) is 24.8 Å². The number of piperazine rings is 1. The highest BCUT2D eigenvalue weighted by Crippen LogP contribution is 2.38.